The number of likely N-dealkylation sites (N-methyl/N-ethyl adjacent to an activating group) is 1. The maximum Gasteiger partial charge on any atom is 0.0593 e. The molecule has 120 valence electrons. The number of hydrogen-bond acceptors (Lipinski definition) is 4. The molecule has 0 saturated heterocycles. The van der Waals surface area contributed by atoms with Crippen LogP contribution >= 0.6 is 0 Å². The number of hydrogen-bond donors (Lipinski definition) is 1. The van der Waals surface area contributed by atoms with Crippen LogP contribution < -0.4 is 5.32 Å². The minimum atomic E-state index is 0.612. The second-order valence-electron chi connectivity index (χ2n) is 5.63. The maximum absolute atomic E-state index is 5.51. The largest absolute Gasteiger partial charge is 0.380 e. The maximum atomic E-state index is 5.51. The van der Waals surface area contributed by atoms with Crippen LogP contribution in [-0.4, -0.2) is 64.1 Å². The molecule has 0 aromatic heterocycles. The molecule has 1 unspecified atom stereocenters. The minimum absolute atomic E-state index is 0.612. The van der Waals surface area contributed by atoms with E-state index in [1.165, 1.54) is 25.7 Å². The highest BCUT2D eigenvalue weighted by Crippen LogP contribution is 2.27. The van der Waals surface area contributed by atoms with Crippen molar-refractivity contribution in [3.8, 4) is 0 Å². The monoisotopic (exact) mass is 286 g/mol. The third-order valence-electron chi connectivity index (χ3n) is 4.31. The standard InChI is InChI=1S/C16H34N2O2/c1-4-19-12-10-18(11-13-20-5-2)14-16(17-3)15-8-6-7-9-15/h15-17H,4-14H2,1-3H3. The summed E-state index contributed by atoms with van der Waals surface area (Å²) < 4.78 is 11.0. The fourth-order valence-corrected chi connectivity index (χ4v) is 3.08. The topological polar surface area (TPSA) is 33.7 Å². The number of nitrogens with zero attached hydrogens (tertiary/aromatic N) is 1. The van der Waals surface area contributed by atoms with Gasteiger partial charge in [-0.15, -0.1) is 0 Å². The van der Waals surface area contributed by atoms with Crippen LogP contribution in [0.1, 0.15) is 39.5 Å². The van der Waals surface area contributed by atoms with E-state index in [2.05, 4.69) is 31.1 Å². The van der Waals surface area contributed by atoms with E-state index in [0.29, 0.717) is 6.04 Å². The number of rotatable bonds is 12. The molecule has 4 nitrogen and oxygen atoms in total. The van der Waals surface area contributed by atoms with E-state index < -0.39 is 0 Å². The zero-order valence-electron chi connectivity index (χ0n) is 13.7. The Hall–Kier alpha value is -0.160. The summed E-state index contributed by atoms with van der Waals surface area (Å²) in [6.45, 7) is 10.5. The van der Waals surface area contributed by atoms with Crippen molar-refractivity contribution in [2.24, 2.45) is 5.92 Å². The van der Waals surface area contributed by atoms with Gasteiger partial charge in [0.15, 0.2) is 0 Å². The average molecular weight is 286 g/mol. The van der Waals surface area contributed by atoms with Crippen molar-refractivity contribution in [3.63, 3.8) is 0 Å². The average Bonchev–Trinajstić information content (AvgIpc) is 2.98. The van der Waals surface area contributed by atoms with Crippen LogP contribution in [0.25, 0.3) is 0 Å². The fraction of sp³-hybridized carbons (Fsp3) is 1.00. The molecule has 0 bridgehead atoms. The molecule has 0 aromatic carbocycles. The van der Waals surface area contributed by atoms with Crippen LogP contribution in [-0.2, 0) is 9.47 Å². The normalized spacial score (nSPS) is 18.0. The Balaban J connectivity index is 2.37. The van der Waals surface area contributed by atoms with Gasteiger partial charge in [0.2, 0.25) is 0 Å². The van der Waals surface area contributed by atoms with Gasteiger partial charge in [0.05, 0.1) is 13.2 Å². The summed E-state index contributed by atoms with van der Waals surface area (Å²) >= 11 is 0. The zero-order chi connectivity index (χ0) is 14.6. The first-order chi connectivity index (χ1) is 9.81. The van der Waals surface area contributed by atoms with Gasteiger partial charge in [-0.3, -0.25) is 4.90 Å². The van der Waals surface area contributed by atoms with Crippen LogP contribution in [0.5, 0.6) is 0 Å². The number of ether oxygens (including phenoxy) is 2. The van der Waals surface area contributed by atoms with E-state index in [4.69, 9.17) is 9.47 Å². The smallest absolute Gasteiger partial charge is 0.0593 e. The molecule has 1 rings (SSSR count). The van der Waals surface area contributed by atoms with Crippen molar-refractivity contribution in [1.82, 2.24) is 10.2 Å². The lowest BCUT2D eigenvalue weighted by molar-refractivity contribution is 0.0751. The third-order valence-corrected chi connectivity index (χ3v) is 4.31. The fourth-order valence-electron chi connectivity index (χ4n) is 3.08. The Morgan fingerprint density at radius 3 is 2.05 bits per heavy atom. The molecule has 1 aliphatic rings. The molecule has 0 amide bonds. The van der Waals surface area contributed by atoms with Gasteiger partial charge in [-0.2, -0.15) is 0 Å². The van der Waals surface area contributed by atoms with E-state index in [9.17, 15) is 0 Å². The molecule has 0 spiro atoms. The highest BCUT2D eigenvalue weighted by molar-refractivity contribution is 4.82. The molecular weight excluding hydrogens is 252 g/mol. The zero-order valence-corrected chi connectivity index (χ0v) is 13.7. The lowest BCUT2D eigenvalue weighted by Crippen LogP contribution is -2.45. The number of nitrogens with one attached hydrogen (secondary N) is 1. The van der Waals surface area contributed by atoms with Gasteiger partial charge in [0.25, 0.3) is 0 Å². The van der Waals surface area contributed by atoms with Gasteiger partial charge in [-0.1, -0.05) is 12.8 Å². The third kappa shape index (κ3) is 7.02. The lowest BCUT2D eigenvalue weighted by Gasteiger charge is -2.30. The van der Waals surface area contributed by atoms with Gasteiger partial charge >= 0.3 is 0 Å². The Bertz CT molecular complexity index is 211. The molecule has 1 fully saturated rings. The van der Waals surface area contributed by atoms with Crippen molar-refractivity contribution in [3.05, 3.63) is 0 Å². The summed E-state index contributed by atoms with van der Waals surface area (Å²) in [6, 6.07) is 0.612. The molecule has 4 heteroatoms. The molecule has 0 heterocycles. The molecule has 1 atom stereocenters. The van der Waals surface area contributed by atoms with E-state index in [1.807, 2.05) is 0 Å². The second-order valence-corrected chi connectivity index (χ2v) is 5.63. The van der Waals surface area contributed by atoms with Crippen LogP contribution in [0.15, 0.2) is 0 Å². The molecule has 1 aliphatic carbocycles. The van der Waals surface area contributed by atoms with Gasteiger partial charge in [-0.05, 0) is 39.7 Å². The Morgan fingerprint density at radius 2 is 1.60 bits per heavy atom. The van der Waals surface area contributed by atoms with Gasteiger partial charge in [0, 0.05) is 38.9 Å². The quantitative estimate of drug-likeness (QED) is 0.557. The molecular formula is C16H34N2O2. The Morgan fingerprint density at radius 1 is 1.05 bits per heavy atom. The summed E-state index contributed by atoms with van der Waals surface area (Å²) in [5.41, 5.74) is 0. The molecule has 20 heavy (non-hydrogen) atoms. The summed E-state index contributed by atoms with van der Waals surface area (Å²) in [4.78, 5) is 2.49. The van der Waals surface area contributed by atoms with Crippen LogP contribution in [0, 0.1) is 5.92 Å². The van der Waals surface area contributed by atoms with Crippen molar-refractivity contribution >= 4 is 0 Å². The second kappa shape index (κ2) is 11.5. The van der Waals surface area contributed by atoms with Crippen LogP contribution in [0.2, 0.25) is 0 Å². The molecule has 0 aromatic rings. The van der Waals surface area contributed by atoms with Gasteiger partial charge < -0.3 is 14.8 Å². The van der Waals surface area contributed by atoms with E-state index in [1.54, 1.807) is 0 Å². The molecule has 1 N–H and O–H groups in total. The van der Waals surface area contributed by atoms with E-state index >= 15 is 0 Å². The van der Waals surface area contributed by atoms with Crippen molar-refractivity contribution in [2.75, 3.05) is 53.1 Å². The van der Waals surface area contributed by atoms with E-state index in [0.717, 1.165) is 52.0 Å². The molecule has 0 aliphatic heterocycles. The highest BCUT2D eigenvalue weighted by Gasteiger charge is 2.25. The van der Waals surface area contributed by atoms with Gasteiger partial charge in [-0.25, -0.2) is 0 Å². The SMILES string of the molecule is CCOCCN(CCOCC)CC(NC)C1CCCC1. The summed E-state index contributed by atoms with van der Waals surface area (Å²) in [7, 11) is 2.10. The first-order valence-corrected chi connectivity index (χ1v) is 8.36. The Labute approximate surface area is 125 Å². The first-order valence-electron chi connectivity index (χ1n) is 8.36. The first kappa shape index (κ1) is 17.9. The Kier molecular flexibility index (Phi) is 10.3. The van der Waals surface area contributed by atoms with E-state index in [-0.39, 0.29) is 0 Å². The lowest BCUT2D eigenvalue weighted by atomic mass is 9.97. The predicted octanol–water partition coefficient (Wildman–Crippen LogP) is 2.14. The predicted molar refractivity (Wildman–Crippen MR) is 84.2 cm³/mol. The molecule has 0 radical (unpaired) electrons. The summed E-state index contributed by atoms with van der Waals surface area (Å²) in [6.07, 6.45) is 5.58. The minimum Gasteiger partial charge on any atom is -0.380 e. The van der Waals surface area contributed by atoms with Crippen LogP contribution in [0.4, 0.5) is 0 Å². The summed E-state index contributed by atoms with van der Waals surface area (Å²) in [5, 5.41) is 3.53. The van der Waals surface area contributed by atoms with Crippen molar-refractivity contribution in [1.29, 1.82) is 0 Å². The summed E-state index contributed by atoms with van der Waals surface area (Å²) in [5.74, 6) is 0.849. The van der Waals surface area contributed by atoms with Gasteiger partial charge in [0.1, 0.15) is 0 Å². The van der Waals surface area contributed by atoms with Crippen molar-refractivity contribution in [2.45, 2.75) is 45.6 Å². The highest BCUT2D eigenvalue weighted by atomic mass is 16.5. The molecule has 1 saturated carbocycles. The van der Waals surface area contributed by atoms with Crippen molar-refractivity contribution < 1.29 is 9.47 Å². The van der Waals surface area contributed by atoms with Crippen LogP contribution in [0.3, 0.4) is 0 Å².